The number of benzene rings is 1. The van der Waals surface area contributed by atoms with Crippen LogP contribution in [0.2, 0.25) is 0 Å². The molecule has 0 saturated carbocycles. The SMILES string of the molecule is Cc1cc(C(=O)N2CCC(C(=O)O)C2)c(C)cc1Br. The van der Waals surface area contributed by atoms with Gasteiger partial charge in [0, 0.05) is 23.1 Å². The number of carbonyl (C=O) groups excluding carboxylic acids is 1. The summed E-state index contributed by atoms with van der Waals surface area (Å²) in [5, 5.41) is 8.97. The average Bonchev–Trinajstić information content (AvgIpc) is 2.82. The van der Waals surface area contributed by atoms with E-state index in [1.165, 1.54) is 0 Å². The van der Waals surface area contributed by atoms with Gasteiger partial charge in [0.1, 0.15) is 0 Å². The smallest absolute Gasteiger partial charge is 0.308 e. The van der Waals surface area contributed by atoms with Crippen LogP contribution in [0.3, 0.4) is 0 Å². The zero-order valence-electron chi connectivity index (χ0n) is 10.9. The van der Waals surface area contributed by atoms with Crippen LogP contribution in [0.5, 0.6) is 0 Å². The molecule has 1 saturated heterocycles. The summed E-state index contributed by atoms with van der Waals surface area (Å²) < 4.78 is 0.978. The number of halogens is 1. The molecule has 5 heteroatoms. The second-order valence-corrected chi connectivity index (χ2v) is 5.85. The van der Waals surface area contributed by atoms with E-state index in [1.54, 1.807) is 4.90 Å². The van der Waals surface area contributed by atoms with E-state index < -0.39 is 11.9 Å². The number of hydrogen-bond donors (Lipinski definition) is 1. The summed E-state index contributed by atoms with van der Waals surface area (Å²) in [6.45, 7) is 4.65. The molecule has 0 aliphatic carbocycles. The molecule has 0 bridgehead atoms. The Hall–Kier alpha value is -1.36. The number of likely N-dealkylation sites (tertiary alicyclic amines) is 1. The van der Waals surface area contributed by atoms with Gasteiger partial charge >= 0.3 is 5.97 Å². The predicted molar refractivity (Wildman–Crippen MR) is 75.3 cm³/mol. The van der Waals surface area contributed by atoms with Crippen LogP contribution in [-0.2, 0) is 4.79 Å². The van der Waals surface area contributed by atoms with Gasteiger partial charge in [-0.15, -0.1) is 0 Å². The van der Waals surface area contributed by atoms with Crippen molar-refractivity contribution >= 4 is 27.8 Å². The van der Waals surface area contributed by atoms with Crippen molar-refractivity contribution in [1.29, 1.82) is 0 Å². The van der Waals surface area contributed by atoms with Gasteiger partial charge in [0.25, 0.3) is 5.91 Å². The van der Waals surface area contributed by atoms with E-state index in [-0.39, 0.29) is 5.91 Å². The van der Waals surface area contributed by atoms with Crippen LogP contribution in [0.25, 0.3) is 0 Å². The number of carboxylic acids is 1. The highest BCUT2D eigenvalue weighted by molar-refractivity contribution is 9.10. The molecule has 102 valence electrons. The van der Waals surface area contributed by atoms with Gasteiger partial charge in [0.2, 0.25) is 0 Å². The van der Waals surface area contributed by atoms with Crippen molar-refractivity contribution in [3.05, 3.63) is 33.3 Å². The van der Waals surface area contributed by atoms with Crippen LogP contribution < -0.4 is 0 Å². The molecule has 1 N–H and O–H groups in total. The summed E-state index contributed by atoms with van der Waals surface area (Å²) in [6.07, 6.45) is 0.537. The Morgan fingerprint density at radius 1 is 1.32 bits per heavy atom. The van der Waals surface area contributed by atoms with E-state index in [1.807, 2.05) is 26.0 Å². The monoisotopic (exact) mass is 325 g/mol. The third kappa shape index (κ3) is 2.81. The summed E-state index contributed by atoms with van der Waals surface area (Å²) in [6, 6.07) is 3.78. The number of carbonyl (C=O) groups is 2. The molecule has 0 aromatic heterocycles. The average molecular weight is 326 g/mol. The molecule has 0 radical (unpaired) electrons. The minimum absolute atomic E-state index is 0.0724. The van der Waals surface area contributed by atoms with Crippen LogP contribution >= 0.6 is 15.9 Å². The number of amides is 1. The highest BCUT2D eigenvalue weighted by Crippen LogP contribution is 2.24. The fraction of sp³-hybridized carbons (Fsp3) is 0.429. The topological polar surface area (TPSA) is 57.6 Å². The van der Waals surface area contributed by atoms with Crippen LogP contribution in [-0.4, -0.2) is 35.0 Å². The molecule has 1 unspecified atom stereocenters. The molecule has 1 aliphatic rings. The van der Waals surface area contributed by atoms with E-state index in [0.29, 0.717) is 25.1 Å². The summed E-state index contributed by atoms with van der Waals surface area (Å²) in [5.41, 5.74) is 2.57. The van der Waals surface area contributed by atoms with Crippen molar-refractivity contribution in [3.8, 4) is 0 Å². The van der Waals surface area contributed by atoms with Gasteiger partial charge in [-0.05, 0) is 43.5 Å². The lowest BCUT2D eigenvalue weighted by atomic mass is 10.0. The van der Waals surface area contributed by atoms with Gasteiger partial charge in [-0.1, -0.05) is 15.9 Å². The number of hydrogen-bond acceptors (Lipinski definition) is 2. The van der Waals surface area contributed by atoms with Crippen LogP contribution in [0.1, 0.15) is 27.9 Å². The van der Waals surface area contributed by atoms with Gasteiger partial charge in [-0.2, -0.15) is 0 Å². The number of carboxylic acid groups (broad SMARTS) is 1. The molecule has 1 heterocycles. The Morgan fingerprint density at radius 2 is 2.00 bits per heavy atom. The first-order valence-electron chi connectivity index (χ1n) is 6.19. The zero-order chi connectivity index (χ0) is 14.2. The van der Waals surface area contributed by atoms with Crippen molar-refractivity contribution in [2.24, 2.45) is 5.92 Å². The lowest BCUT2D eigenvalue weighted by Crippen LogP contribution is -2.30. The zero-order valence-corrected chi connectivity index (χ0v) is 12.5. The maximum Gasteiger partial charge on any atom is 0.308 e. The third-order valence-electron chi connectivity index (χ3n) is 3.56. The molecule has 1 atom stereocenters. The molecule has 1 fully saturated rings. The maximum absolute atomic E-state index is 12.4. The van der Waals surface area contributed by atoms with Crippen LogP contribution in [0.15, 0.2) is 16.6 Å². The highest BCUT2D eigenvalue weighted by Gasteiger charge is 2.31. The normalized spacial score (nSPS) is 18.7. The summed E-state index contributed by atoms with van der Waals surface area (Å²) in [5.74, 6) is -1.32. The number of aryl methyl sites for hydroxylation is 2. The number of nitrogens with zero attached hydrogens (tertiary/aromatic N) is 1. The van der Waals surface area contributed by atoms with Crippen molar-refractivity contribution in [1.82, 2.24) is 4.90 Å². The molecule has 1 aromatic carbocycles. The van der Waals surface area contributed by atoms with Crippen molar-refractivity contribution in [3.63, 3.8) is 0 Å². The van der Waals surface area contributed by atoms with E-state index in [2.05, 4.69) is 15.9 Å². The van der Waals surface area contributed by atoms with Crippen LogP contribution in [0, 0.1) is 19.8 Å². The van der Waals surface area contributed by atoms with Crippen molar-refractivity contribution < 1.29 is 14.7 Å². The minimum atomic E-state index is -0.820. The van der Waals surface area contributed by atoms with Gasteiger partial charge in [0.05, 0.1) is 5.92 Å². The Morgan fingerprint density at radius 3 is 2.58 bits per heavy atom. The molecule has 4 nitrogen and oxygen atoms in total. The Bertz CT molecular complexity index is 542. The minimum Gasteiger partial charge on any atom is -0.481 e. The molecule has 0 spiro atoms. The summed E-state index contributed by atoms with van der Waals surface area (Å²) >= 11 is 3.44. The van der Waals surface area contributed by atoms with Crippen molar-refractivity contribution in [2.45, 2.75) is 20.3 Å². The fourth-order valence-corrected chi connectivity index (χ4v) is 2.79. The molecule has 1 amide bonds. The maximum atomic E-state index is 12.4. The van der Waals surface area contributed by atoms with Crippen molar-refractivity contribution in [2.75, 3.05) is 13.1 Å². The quantitative estimate of drug-likeness (QED) is 0.909. The van der Waals surface area contributed by atoms with E-state index in [4.69, 9.17) is 5.11 Å². The Kier molecular flexibility index (Phi) is 3.94. The molecule has 19 heavy (non-hydrogen) atoms. The third-order valence-corrected chi connectivity index (χ3v) is 4.42. The number of rotatable bonds is 2. The molecular formula is C14H16BrNO3. The van der Waals surface area contributed by atoms with Gasteiger partial charge in [0.15, 0.2) is 0 Å². The summed E-state index contributed by atoms with van der Waals surface area (Å²) in [4.78, 5) is 25.0. The Balaban J connectivity index is 2.22. The van der Waals surface area contributed by atoms with E-state index in [9.17, 15) is 9.59 Å². The highest BCUT2D eigenvalue weighted by atomic mass is 79.9. The molecule has 1 aliphatic heterocycles. The lowest BCUT2D eigenvalue weighted by molar-refractivity contribution is -0.141. The second kappa shape index (κ2) is 5.33. The van der Waals surface area contributed by atoms with E-state index >= 15 is 0 Å². The fourth-order valence-electron chi connectivity index (χ4n) is 2.33. The van der Waals surface area contributed by atoms with Crippen LogP contribution in [0.4, 0.5) is 0 Å². The molecule has 1 aromatic rings. The molecule has 2 rings (SSSR count). The van der Waals surface area contributed by atoms with E-state index in [0.717, 1.165) is 15.6 Å². The summed E-state index contributed by atoms with van der Waals surface area (Å²) in [7, 11) is 0. The number of aliphatic carboxylic acids is 1. The van der Waals surface area contributed by atoms with Gasteiger partial charge < -0.3 is 10.0 Å². The first-order chi connectivity index (χ1) is 8.90. The van der Waals surface area contributed by atoms with Gasteiger partial charge in [-0.3, -0.25) is 9.59 Å². The molecular weight excluding hydrogens is 310 g/mol. The largest absolute Gasteiger partial charge is 0.481 e. The second-order valence-electron chi connectivity index (χ2n) is 4.99. The first kappa shape index (κ1) is 14.1. The Labute approximate surface area is 120 Å². The first-order valence-corrected chi connectivity index (χ1v) is 6.98. The predicted octanol–water partition coefficient (Wildman–Crippen LogP) is 2.61. The standard InChI is InChI=1S/C14H16BrNO3/c1-8-6-12(15)9(2)5-11(8)13(17)16-4-3-10(7-16)14(18)19/h5-6,10H,3-4,7H2,1-2H3,(H,18,19). The van der Waals surface area contributed by atoms with Gasteiger partial charge in [-0.25, -0.2) is 0 Å². The lowest BCUT2D eigenvalue weighted by Gasteiger charge is -2.18.